The SMILES string of the molecule is CCS(=O)(=O)NC(=O)c1cccc(F)c1N. The Kier molecular flexibility index (Phi) is 3.48. The molecule has 0 aliphatic carbocycles. The highest BCUT2D eigenvalue weighted by Gasteiger charge is 2.17. The number of para-hydroxylation sites is 1. The molecule has 0 aromatic heterocycles. The predicted octanol–water partition coefficient (Wildman–Crippen LogP) is 0.487. The Morgan fingerprint density at radius 3 is 2.69 bits per heavy atom. The summed E-state index contributed by atoms with van der Waals surface area (Å²) in [6, 6.07) is 3.61. The highest BCUT2D eigenvalue weighted by molar-refractivity contribution is 7.90. The van der Waals surface area contributed by atoms with Gasteiger partial charge in [-0.25, -0.2) is 17.5 Å². The summed E-state index contributed by atoms with van der Waals surface area (Å²) in [6.45, 7) is 1.38. The average molecular weight is 246 g/mol. The zero-order valence-corrected chi connectivity index (χ0v) is 9.34. The minimum Gasteiger partial charge on any atom is -0.396 e. The maximum atomic E-state index is 13.0. The number of halogens is 1. The third kappa shape index (κ3) is 2.69. The Morgan fingerprint density at radius 2 is 2.12 bits per heavy atom. The van der Waals surface area contributed by atoms with E-state index in [1.807, 2.05) is 0 Å². The zero-order valence-electron chi connectivity index (χ0n) is 8.53. The van der Waals surface area contributed by atoms with Gasteiger partial charge >= 0.3 is 0 Å². The molecule has 16 heavy (non-hydrogen) atoms. The normalized spacial score (nSPS) is 11.1. The summed E-state index contributed by atoms with van der Waals surface area (Å²) in [5.74, 6) is -1.94. The van der Waals surface area contributed by atoms with E-state index in [0.717, 1.165) is 6.07 Å². The lowest BCUT2D eigenvalue weighted by Gasteiger charge is -2.07. The van der Waals surface area contributed by atoms with Crippen molar-refractivity contribution in [3.8, 4) is 0 Å². The van der Waals surface area contributed by atoms with Crippen LogP contribution in [-0.4, -0.2) is 20.1 Å². The van der Waals surface area contributed by atoms with Gasteiger partial charge in [-0.15, -0.1) is 0 Å². The molecule has 0 radical (unpaired) electrons. The van der Waals surface area contributed by atoms with Gasteiger partial charge in [0, 0.05) is 0 Å². The van der Waals surface area contributed by atoms with Gasteiger partial charge in [-0.2, -0.15) is 0 Å². The van der Waals surface area contributed by atoms with Crippen molar-refractivity contribution in [2.45, 2.75) is 6.92 Å². The molecule has 0 atom stereocenters. The first-order valence-electron chi connectivity index (χ1n) is 4.46. The maximum Gasteiger partial charge on any atom is 0.266 e. The van der Waals surface area contributed by atoms with Crippen molar-refractivity contribution in [1.29, 1.82) is 0 Å². The molecule has 0 spiro atoms. The Labute approximate surface area is 92.5 Å². The van der Waals surface area contributed by atoms with Crippen molar-refractivity contribution in [3.63, 3.8) is 0 Å². The van der Waals surface area contributed by atoms with Crippen LogP contribution in [0.25, 0.3) is 0 Å². The van der Waals surface area contributed by atoms with Crippen LogP contribution in [0.4, 0.5) is 10.1 Å². The third-order valence-electron chi connectivity index (χ3n) is 1.93. The van der Waals surface area contributed by atoms with Gasteiger partial charge in [-0.3, -0.25) is 4.79 Å². The number of rotatable bonds is 3. The molecule has 5 nitrogen and oxygen atoms in total. The van der Waals surface area contributed by atoms with E-state index >= 15 is 0 Å². The monoisotopic (exact) mass is 246 g/mol. The number of hydrogen-bond donors (Lipinski definition) is 2. The number of sulfonamides is 1. The number of nitrogens with one attached hydrogen (secondary N) is 1. The average Bonchev–Trinajstić information content (AvgIpc) is 2.21. The van der Waals surface area contributed by atoms with Crippen molar-refractivity contribution >= 4 is 21.6 Å². The van der Waals surface area contributed by atoms with Gasteiger partial charge in [0.1, 0.15) is 5.82 Å². The van der Waals surface area contributed by atoms with Crippen LogP contribution in [0.3, 0.4) is 0 Å². The molecular formula is C9H11FN2O3S. The van der Waals surface area contributed by atoms with Crippen molar-refractivity contribution in [3.05, 3.63) is 29.6 Å². The molecular weight excluding hydrogens is 235 g/mol. The van der Waals surface area contributed by atoms with E-state index in [1.54, 1.807) is 4.72 Å². The standard InChI is InChI=1S/C9H11FN2O3S/c1-2-16(14,15)12-9(13)6-4-3-5-7(10)8(6)11/h3-5H,2,11H2,1H3,(H,12,13). The molecule has 0 heterocycles. The maximum absolute atomic E-state index is 13.0. The van der Waals surface area contributed by atoms with E-state index in [9.17, 15) is 17.6 Å². The van der Waals surface area contributed by atoms with Crippen LogP contribution < -0.4 is 10.5 Å². The number of nitrogens with two attached hydrogens (primary N) is 1. The molecule has 0 unspecified atom stereocenters. The summed E-state index contributed by atoms with van der Waals surface area (Å²) in [5.41, 5.74) is 4.75. The fourth-order valence-corrected chi connectivity index (χ4v) is 1.54. The van der Waals surface area contributed by atoms with E-state index < -0.39 is 21.7 Å². The lowest BCUT2D eigenvalue weighted by molar-refractivity contribution is 0.0982. The first-order chi connectivity index (χ1) is 7.37. The third-order valence-corrected chi connectivity index (χ3v) is 3.18. The largest absolute Gasteiger partial charge is 0.396 e. The fraction of sp³-hybridized carbons (Fsp3) is 0.222. The van der Waals surface area contributed by atoms with Crippen molar-refractivity contribution in [2.75, 3.05) is 11.5 Å². The van der Waals surface area contributed by atoms with Crippen LogP contribution in [0.5, 0.6) is 0 Å². The van der Waals surface area contributed by atoms with E-state index in [2.05, 4.69) is 0 Å². The second kappa shape index (κ2) is 4.48. The first kappa shape index (κ1) is 12.4. The summed E-state index contributed by atoms with van der Waals surface area (Å²) < 4.78 is 37.0. The van der Waals surface area contributed by atoms with Gasteiger partial charge in [0.2, 0.25) is 10.0 Å². The Hall–Kier alpha value is -1.63. The minimum atomic E-state index is -3.67. The van der Waals surface area contributed by atoms with Crippen LogP contribution >= 0.6 is 0 Å². The minimum absolute atomic E-state index is 0.197. The van der Waals surface area contributed by atoms with Gasteiger partial charge in [-0.1, -0.05) is 6.07 Å². The Balaban J connectivity index is 3.03. The molecule has 3 N–H and O–H groups in total. The number of anilines is 1. The summed E-state index contributed by atoms with van der Waals surface area (Å²) in [6.07, 6.45) is 0. The van der Waals surface area contributed by atoms with Crippen LogP contribution in [0, 0.1) is 5.82 Å². The lowest BCUT2D eigenvalue weighted by Crippen LogP contribution is -2.32. The van der Waals surface area contributed by atoms with E-state index in [1.165, 1.54) is 19.1 Å². The molecule has 1 aromatic rings. The van der Waals surface area contributed by atoms with Gasteiger partial charge < -0.3 is 5.73 Å². The molecule has 1 rings (SSSR count). The van der Waals surface area contributed by atoms with Crippen LogP contribution in [-0.2, 0) is 10.0 Å². The molecule has 0 bridgehead atoms. The number of benzene rings is 1. The topological polar surface area (TPSA) is 89.3 Å². The number of nitrogen functional groups attached to an aromatic ring is 1. The highest BCUT2D eigenvalue weighted by atomic mass is 32.2. The number of carbonyl (C=O) groups is 1. The van der Waals surface area contributed by atoms with Crippen LogP contribution in [0.2, 0.25) is 0 Å². The number of hydrogen-bond acceptors (Lipinski definition) is 4. The van der Waals surface area contributed by atoms with Gasteiger partial charge in [0.15, 0.2) is 0 Å². The first-order valence-corrected chi connectivity index (χ1v) is 6.11. The summed E-state index contributed by atoms with van der Waals surface area (Å²) in [7, 11) is -3.67. The van der Waals surface area contributed by atoms with E-state index in [0.29, 0.717) is 0 Å². The second-order valence-electron chi connectivity index (χ2n) is 3.04. The van der Waals surface area contributed by atoms with Crippen molar-refractivity contribution in [2.24, 2.45) is 0 Å². The molecule has 0 saturated heterocycles. The van der Waals surface area contributed by atoms with Crippen LogP contribution in [0.15, 0.2) is 18.2 Å². The molecule has 0 saturated carbocycles. The molecule has 7 heteroatoms. The zero-order chi connectivity index (χ0) is 12.3. The van der Waals surface area contributed by atoms with Gasteiger partial charge in [0.05, 0.1) is 17.0 Å². The fourth-order valence-electron chi connectivity index (χ4n) is 1.00. The van der Waals surface area contributed by atoms with Crippen LogP contribution in [0.1, 0.15) is 17.3 Å². The Morgan fingerprint density at radius 1 is 1.50 bits per heavy atom. The summed E-state index contributed by atoms with van der Waals surface area (Å²) in [4.78, 5) is 11.5. The molecule has 1 amide bonds. The molecule has 88 valence electrons. The predicted molar refractivity (Wildman–Crippen MR) is 57.7 cm³/mol. The lowest BCUT2D eigenvalue weighted by atomic mass is 10.1. The second-order valence-corrected chi connectivity index (χ2v) is 5.05. The molecule has 1 aromatic carbocycles. The highest BCUT2D eigenvalue weighted by Crippen LogP contribution is 2.15. The van der Waals surface area contributed by atoms with E-state index in [-0.39, 0.29) is 17.0 Å². The smallest absolute Gasteiger partial charge is 0.266 e. The number of carbonyl (C=O) groups excluding carboxylic acids is 1. The quantitative estimate of drug-likeness (QED) is 0.759. The van der Waals surface area contributed by atoms with Gasteiger partial charge in [-0.05, 0) is 19.1 Å². The number of amides is 1. The van der Waals surface area contributed by atoms with Crippen molar-refractivity contribution in [1.82, 2.24) is 4.72 Å². The summed E-state index contributed by atoms with van der Waals surface area (Å²) >= 11 is 0. The summed E-state index contributed by atoms with van der Waals surface area (Å²) in [5, 5.41) is 0. The van der Waals surface area contributed by atoms with Crippen molar-refractivity contribution < 1.29 is 17.6 Å². The van der Waals surface area contributed by atoms with Gasteiger partial charge in [0.25, 0.3) is 5.91 Å². The molecule has 0 aliphatic rings. The Bertz CT molecular complexity index is 513. The van der Waals surface area contributed by atoms with E-state index in [4.69, 9.17) is 5.73 Å². The molecule has 0 aliphatic heterocycles. The molecule has 0 fully saturated rings.